The minimum absolute atomic E-state index is 0.00608. The first-order valence-electron chi connectivity index (χ1n) is 8.35. The lowest BCUT2D eigenvalue weighted by Crippen LogP contribution is -2.13. The third-order valence-electron chi connectivity index (χ3n) is 4.40. The van der Waals surface area contributed by atoms with Gasteiger partial charge in [-0.25, -0.2) is 9.97 Å². The molecule has 0 aliphatic carbocycles. The number of nitrogens with zero attached hydrogens (tertiary/aromatic N) is 3. The van der Waals surface area contributed by atoms with Crippen molar-refractivity contribution in [3.8, 4) is 11.4 Å². The number of H-pyrrole nitrogens is 1. The van der Waals surface area contributed by atoms with Crippen LogP contribution in [0.25, 0.3) is 22.6 Å². The van der Waals surface area contributed by atoms with E-state index < -0.39 is 11.7 Å². The molecule has 0 spiro atoms. The molecule has 0 bridgehead atoms. The van der Waals surface area contributed by atoms with Gasteiger partial charge in [0.05, 0.1) is 18.4 Å². The number of nitrogens with one attached hydrogen (secondary N) is 2. The Kier molecular flexibility index (Phi) is 4.84. The SMILES string of the molecule is N=c1ncn(Cc2c(Cl)cccc2Cl)c2nc(-c3ccccc3C(F)(F)F)[nH]c12. The van der Waals surface area contributed by atoms with E-state index in [9.17, 15) is 13.2 Å². The Morgan fingerprint density at radius 3 is 2.41 bits per heavy atom. The van der Waals surface area contributed by atoms with Gasteiger partial charge >= 0.3 is 6.18 Å². The second-order valence-electron chi connectivity index (χ2n) is 6.25. The number of halogens is 5. The van der Waals surface area contributed by atoms with Gasteiger partial charge in [-0.2, -0.15) is 13.2 Å². The fourth-order valence-electron chi connectivity index (χ4n) is 3.02. The molecular formula is C19H12Cl2F3N5. The van der Waals surface area contributed by atoms with E-state index in [4.69, 9.17) is 28.6 Å². The Labute approximate surface area is 172 Å². The van der Waals surface area contributed by atoms with Crippen LogP contribution in [0.4, 0.5) is 13.2 Å². The molecule has 2 N–H and O–H groups in total. The van der Waals surface area contributed by atoms with Gasteiger partial charge in [-0.05, 0) is 18.2 Å². The number of imidazole rings is 1. The maximum absolute atomic E-state index is 13.4. The molecule has 148 valence electrons. The predicted molar refractivity (Wildman–Crippen MR) is 104 cm³/mol. The Bertz CT molecular complexity index is 1260. The molecule has 0 amide bonds. The monoisotopic (exact) mass is 437 g/mol. The Morgan fingerprint density at radius 1 is 1.03 bits per heavy atom. The van der Waals surface area contributed by atoms with Gasteiger partial charge in [-0.1, -0.05) is 47.5 Å². The van der Waals surface area contributed by atoms with E-state index in [2.05, 4.69) is 15.0 Å². The number of aromatic nitrogens is 4. The number of alkyl halides is 3. The average Bonchev–Trinajstić information content (AvgIpc) is 3.12. The standard InChI is InChI=1S/C19H12Cl2F3N5/c20-13-6-3-7-14(21)11(13)8-29-9-26-16(25)15-18(29)28-17(27-15)10-4-1-2-5-12(10)19(22,23)24/h1-7,9,25H,8H2,(H,27,28). The molecule has 0 saturated heterocycles. The molecule has 0 atom stereocenters. The largest absolute Gasteiger partial charge is 0.417 e. The number of hydrogen-bond acceptors (Lipinski definition) is 3. The van der Waals surface area contributed by atoms with E-state index in [1.165, 1.54) is 24.5 Å². The molecular weight excluding hydrogens is 426 g/mol. The van der Waals surface area contributed by atoms with Crippen molar-refractivity contribution in [2.45, 2.75) is 12.7 Å². The first kappa shape index (κ1) is 19.5. The third-order valence-corrected chi connectivity index (χ3v) is 5.11. The number of benzene rings is 2. The third kappa shape index (κ3) is 3.61. The number of aromatic amines is 1. The van der Waals surface area contributed by atoms with Crippen LogP contribution in [0, 0.1) is 5.41 Å². The summed E-state index contributed by atoms with van der Waals surface area (Å²) >= 11 is 12.5. The summed E-state index contributed by atoms with van der Waals surface area (Å²) in [5, 5.41) is 8.88. The summed E-state index contributed by atoms with van der Waals surface area (Å²) in [5.41, 5.74) is 0.0273. The van der Waals surface area contributed by atoms with Crippen molar-refractivity contribution in [3.63, 3.8) is 0 Å². The molecule has 4 rings (SSSR count). The molecule has 4 aromatic rings. The van der Waals surface area contributed by atoms with Crippen molar-refractivity contribution >= 4 is 34.4 Å². The maximum Gasteiger partial charge on any atom is 0.417 e. The van der Waals surface area contributed by atoms with Gasteiger partial charge in [0.2, 0.25) is 0 Å². The molecule has 0 saturated carbocycles. The molecule has 2 aromatic heterocycles. The molecule has 0 aliphatic heterocycles. The van der Waals surface area contributed by atoms with E-state index in [0.29, 0.717) is 15.6 Å². The summed E-state index contributed by atoms with van der Waals surface area (Å²) in [7, 11) is 0. The highest BCUT2D eigenvalue weighted by molar-refractivity contribution is 6.36. The van der Waals surface area contributed by atoms with Crippen LogP contribution in [-0.4, -0.2) is 19.5 Å². The highest BCUT2D eigenvalue weighted by atomic mass is 35.5. The smallest absolute Gasteiger partial charge is 0.334 e. The molecule has 2 aromatic carbocycles. The van der Waals surface area contributed by atoms with Crippen molar-refractivity contribution < 1.29 is 13.2 Å². The summed E-state index contributed by atoms with van der Waals surface area (Å²) < 4.78 is 41.8. The lowest BCUT2D eigenvalue weighted by Gasteiger charge is -2.11. The summed E-state index contributed by atoms with van der Waals surface area (Å²) in [4.78, 5) is 11.1. The quantitative estimate of drug-likeness (QED) is 0.457. The van der Waals surface area contributed by atoms with Gasteiger partial charge in [-0.15, -0.1) is 0 Å². The minimum atomic E-state index is -4.54. The van der Waals surface area contributed by atoms with Crippen LogP contribution in [0.15, 0.2) is 48.8 Å². The maximum atomic E-state index is 13.4. The first-order valence-corrected chi connectivity index (χ1v) is 9.10. The van der Waals surface area contributed by atoms with Gasteiger partial charge in [0.25, 0.3) is 0 Å². The van der Waals surface area contributed by atoms with Gasteiger partial charge in [0.15, 0.2) is 11.1 Å². The molecule has 0 unspecified atom stereocenters. The van der Waals surface area contributed by atoms with Crippen molar-refractivity contribution in [2.75, 3.05) is 0 Å². The van der Waals surface area contributed by atoms with E-state index in [0.717, 1.165) is 6.07 Å². The molecule has 0 radical (unpaired) electrons. The van der Waals surface area contributed by atoms with Crippen LogP contribution in [0.2, 0.25) is 10.0 Å². The average molecular weight is 438 g/mol. The fraction of sp³-hybridized carbons (Fsp3) is 0.105. The summed E-state index contributed by atoms with van der Waals surface area (Å²) in [5.74, 6) is -0.00608. The summed E-state index contributed by atoms with van der Waals surface area (Å²) in [6.07, 6.45) is -3.16. The minimum Gasteiger partial charge on any atom is -0.334 e. The van der Waals surface area contributed by atoms with E-state index >= 15 is 0 Å². The Balaban J connectivity index is 1.89. The molecule has 10 heteroatoms. The number of rotatable bonds is 3. The molecule has 5 nitrogen and oxygen atoms in total. The van der Waals surface area contributed by atoms with Crippen LogP contribution in [0.1, 0.15) is 11.1 Å². The number of hydrogen-bond donors (Lipinski definition) is 2. The summed E-state index contributed by atoms with van der Waals surface area (Å²) in [6.45, 7) is 0.188. The zero-order valence-electron chi connectivity index (χ0n) is 14.6. The topological polar surface area (TPSA) is 70.3 Å². The normalized spacial score (nSPS) is 11.9. The Morgan fingerprint density at radius 2 is 1.72 bits per heavy atom. The second-order valence-corrected chi connectivity index (χ2v) is 7.06. The first-order chi connectivity index (χ1) is 13.8. The van der Waals surface area contributed by atoms with E-state index in [1.807, 2.05) is 0 Å². The molecule has 0 aliphatic rings. The van der Waals surface area contributed by atoms with Crippen LogP contribution in [0.5, 0.6) is 0 Å². The highest BCUT2D eigenvalue weighted by Gasteiger charge is 2.34. The van der Waals surface area contributed by atoms with E-state index in [1.54, 1.807) is 22.8 Å². The van der Waals surface area contributed by atoms with Crippen molar-refractivity contribution in [3.05, 3.63) is 75.5 Å². The zero-order valence-corrected chi connectivity index (χ0v) is 16.1. The van der Waals surface area contributed by atoms with E-state index in [-0.39, 0.29) is 34.6 Å². The van der Waals surface area contributed by atoms with Crippen LogP contribution < -0.4 is 5.49 Å². The second kappa shape index (κ2) is 7.20. The van der Waals surface area contributed by atoms with Crippen molar-refractivity contribution in [1.29, 1.82) is 5.41 Å². The van der Waals surface area contributed by atoms with Crippen LogP contribution in [-0.2, 0) is 12.7 Å². The Hall–Kier alpha value is -2.84. The zero-order chi connectivity index (χ0) is 20.8. The van der Waals surface area contributed by atoms with Gasteiger partial charge < -0.3 is 9.55 Å². The van der Waals surface area contributed by atoms with Crippen molar-refractivity contribution in [2.24, 2.45) is 0 Å². The summed E-state index contributed by atoms with van der Waals surface area (Å²) in [6, 6.07) is 10.2. The molecule has 2 heterocycles. The number of fused-ring (bicyclic) bond motifs is 1. The van der Waals surface area contributed by atoms with Gasteiger partial charge in [0, 0.05) is 21.2 Å². The van der Waals surface area contributed by atoms with Crippen LogP contribution >= 0.6 is 23.2 Å². The lowest BCUT2D eigenvalue weighted by molar-refractivity contribution is -0.137. The van der Waals surface area contributed by atoms with Gasteiger partial charge in [0.1, 0.15) is 11.3 Å². The highest BCUT2D eigenvalue weighted by Crippen LogP contribution is 2.36. The van der Waals surface area contributed by atoms with Gasteiger partial charge in [-0.3, -0.25) is 5.41 Å². The lowest BCUT2D eigenvalue weighted by atomic mass is 10.1. The fourth-order valence-corrected chi connectivity index (χ4v) is 3.53. The molecule has 29 heavy (non-hydrogen) atoms. The van der Waals surface area contributed by atoms with Crippen LogP contribution in [0.3, 0.4) is 0 Å². The predicted octanol–water partition coefficient (Wildman–Crippen LogP) is 5.28. The molecule has 0 fully saturated rings. The van der Waals surface area contributed by atoms with Crippen molar-refractivity contribution in [1.82, 2.24) is 19.5 Å².